The SMILES string of the molecule is Cc1nc2c(n1C)CNc1cc(C(=O)O)oc1-2. The van der Waals surface area contributed by atoms with Gasteiger partial charge in [0.25, 0.3) is 0 Å². The van der Waals surface area contributed by atoms with Gasteiger partial charge in [0.1, 0.15) is 11.5 Å². The molecule has 0 radical (unpaired) electrons. The molecule has 6 heteroatoms. The van der Waals surface area contributed by atoms with Crippen molar-refractivity contribution in [1.82, 2.24) is 9.55 Å². The second-order valence-corrected chi connectivity index (χ2v) is 4.03. The Morgan fingerprint density at radius 3 is 3.12 bits per heavy atom. The maximum Gasteiger partial charge on any atom is 0.371 e. The summed E-state index contributed by atoms with van der Waals surface area (Å²) in [6, 6.07) is 1.49. The molecule has 0 amide bonds. The van der Waals surface area contributed by atoms with Crippen LogP contribution in [0.4, 0.5) is 5.69 Å². The number of aryl methyl sites for hydroxylation is 1. The molecule has 0 fully saturated rings. The Hall–Kier alpha value is -2.24. The molecule has 0 saturated heterocycles. The second-order valence-electron chi connectivity index (χ2n) is 4.03. The van der Waals surface area contributed by atoms with Crippen LogP contribution in [0.2, 0.25) is 0 Å². The predicted octanol–water partition coefficient (Wildman–Crippen LogP) is 1.61. The number of aromatic nitrogens is 2. The number of carboxylic acid groups (broad SMARTS) is 1. The molecule has 2 aromatic rings. The van der Waals surface area contributed by atoms with Gasteiger partial charge in [-0.05, 0) is 6.92 Å². The molecule has 3 heterocycles. The van der Waals surface area contributed by atoms with Gasteiger partial charge in [0.05, 0.1) is 17.9 Å². The van der Waals surface area contributed by atoms with Gasteiger partial charge in [0.15, 0.2) is 5.76 Å². The third-order valence-electron chi connectivity index (χ3n) is 3.04. The smallest absolute Gasteiger partial charge is 0.371 e. The molecule has 17 heavy (non-hydrogen) atoms. The van der Waals surface area contributed by atoms with Gasteiger partial charge in [-0.3, -0.25) is 0 Å². The summed E-state index contributed by atoms with van der Waals surface area (Å²) in [6.07, 6.45) is 0. The van der Waals surface area contributed by atoms with E-state index in [1.165, 1.54) is 6.07 Å². The number of fused-ring (bicyclic) bond motifs is 3. The van der Waals surface area contributed by atoms with Gasteiger partial charge in [-0.15, -0.1) is 0 Å². The van der Waals surface area contributed by atoms with E-state index in [4.69, 9.17) is 9.52 Å². The lowest BCUT2D eigenvalue weighted by atomic mass is 10.1. The second kappa shape index (κ2) is 3.13. The molecule has 0 spiro atoms. The molecule has 2 N–H and O–H groups in total. The molecular formula is C11H11N3O3. The number of aromatic carboxylic acids is 1. The molecular weight excluding hydrogens is 222 g/mol. The number of hydrogen-bond acceptors (Lipinski definition) is 4. The van der Waals surface area contributed by atoms with Crippen molar-refractivity contribution in [3.8, 4) is 11.5 Å². The number of imidazole rings is 1. The maximum absolute atomic E-state index is 10.9. The first-order valence-electron chi connectivity index (χ1n) is 5.21. The molecule has 88 valence electrons. The molecule has 3 rings (SSSR count). The number of carboxylic acids is 1. The van der Waals surface area contributed by atoms with Crippen LogP contribution in [0.5, 0.6) is 0 Å². The van der Waals surface area contributed by atoms with E-state index >= 15 is 0 Å². The fraction of sp³-hybridized carbons (Fsp3) is 0.273. The fourth-order valence-electron chi connectivity index (χ4n) is 2.02. The van der Waals surface area contributed by atoms with Gasteiger partial charge in [-0.25, -0.2) is 9.78 Å². The van der Waals surface area contributed by atoms with Crippen molar-refractivity contribution in [2.24, 2.45) is 7.05 Å². The van der Waals surface area contributed by atoms with E-state index in [2.05, 4.69) is 10.3 Å². The first-order chi connectivity index (χ1) is 8.08. The molecule has 0 atom stereocenters. The van der Waals surface area contributed by atoms with Crippen molar-refractivity contribution in [2.75, 3.05) is 5.32 Å². The molecule has 6 nitrogen and oxygen atoms in total. The highest BCUT2D eigenvalue weighted by Crippen LogP contribution is 2.37. The Morgan fingerprint density at radius 2 is 2.41 bits per heavy atom. The van der Waals surface area contributed by atoms with E-state index in [1.54, 1.807) is 0 Å². The maximum atomic E-state index is 10.9. The Kier molecular flexibility index (Phi) is 1.83. The molecule has 0 unspecified atom stereocenters. The minimum Gasteiger partial charge on any atom is -0.475 e. The molecule has 1 aliphatic rings. The molecule has 0 saturated carbocycles. The lowest BCUT2D eigenvalue weighted by Gasteiger charge is -2.13. The van der Waals surface area contributed by atoms with Gasteiger partial charge in [-0.1, -0.05) is 0 Å². The standard InChI is InChI=1S/C11H11N3O3/c1-5-13-9-7(14(5)2)4-12-6-3-8(11(15)16)17-10(6)9/h3,12H,4H2,1-2H3,(H,15,16). The number of nitrogens with one attached hydrogen (secondary N) is 1. The van der Waals surface area contributed by atoms with Crippen LogP contribution >= 0.6 is 0 Å². The Bertz CT molecular complexity index is 624. The zero-order chi connectivity index (χ0) is 12.2. The van der Waals surface area contributed by atoms with Crippen molar-refractivity contribution in [3.63, 3.8) is 0 Å². The molecule has 1 aliphatic heterocycles. The number of hydrogen-bond donors (Lipinski definition) is 2. The highest BCUT2D eigenvalue weighted by atomic mass is 16.4. The monoisotopic (exact) mass is 233 g/mol. The molecule has 2 aromatic heterocycles. The van der Waals surface area contributed by atoms with E-state index in [1.807, 2.05) is 18.5 Å². The van der Waals surface area contributed by atoms with Gasteiger partial charge in [0, 0.05) is 13.1 Å². The van der Waals surface area contributed by atoms with Crippen LogP contribution in [0, 0.1) is 6.92 Å². The summed E-state index contributed by atoms with van der Waals surface area (Å²) in [5.41, 5.74) is 2.42. The van der Waals surface area contributed by atoms with Crippen molar-refractivity contribution in [1.29, 1.82) is 0 Å². The van der Waals surface area contributed by atoms with Crippen LogP contribution in [-0.2, 0) is 13.6 Å². The van der Waals surface area contributed by atoms with Crippen LogP contribution in [-0.4, -0.2) is 20.6 Å². The van der Waals surface area contributed by atoms with E-state index < -0.39 is 5.97 Å². The number of furan rings is 1. The minimum absolute atomic E-state index is 0.0707. The van der Waals surface area contributed by atoms with E-state index in [-0.39, 0.29) is 5.76 Å². The molecule has 0 aliphatic carbocycles. The predicted molar refractivity (Wildman–Crippen MR) is 59.9 cm³/mol. The van der Waals surface area contributed by atoms with Gasteiger partial charge < -0.3 is 19.4 Å². The van der Waals surface area contributed by atoms with E-state index in [9.17, 15) is 4.79 Å². The van der Waals surface area contributed by atoms with Crippen LogP contribution in [0.1, 0.15) is 22.1 Å². The normalized spacial score (nSPS) is 12.8. The number of anilines is 1. The summed E-state index contributed by atoms with van der Waals surface area (Å²) < 4.78 is 7.29. The first-order valence-corrected chi connectivity index (χ1v) is 5.21. The minimum atomic E-state index is -1.07. The highest BCUT2D eigenvalue weighted by Gasteiger charge is 2.27. The number of rotatable bonds is 1. The fourth-order valence-corrected chi connectivity index (χ4v) is 2.02. The van der Waals surface area contributed by atoms with E-state index in [0.29, 0.717) is 18.0 Å². The summed E-state index contributed by atoms with van der Waals surface area (Å²) in [4.78, 5) is 15.3. The third-order valence-corrected chi connectivity index (χ3v) is 3.04. The van der Waals surface area contributed by atoms with Gasteiger partial charge in [-0.2, -0.15) is 0 Å². The van der Waals surface area contributed by atoms with Crippen molar-refractivity contribution < 1.29 is 14.3 Å². The molecule has 0 bridgehead atoms. The van der Waals surface area contributed by atoms with Crippen LogP contribution in [0.25, 0.3) is 11.5 Å². The largest absolute Gasteiger partial charge is 0.475 e. The zero-order valence-corrected chi connectivity index (χ0v) is 9.44. The van der Waals surface area contributed by atoms with Gasteiger partial charge in [0.2, 0.25) is 5.76 Å². The zero-order valence-electron chi connectivity index (χ0n) is 9.44. The summed E-state index contributed by atoms with van der Waals surface area (Å²) in [7, 11) is 1.93. The van der Waals surface area contributed by atoms with Crippen molar-refractivity contribution >= 4 is 11.7 Å². The molecule has 0 aromatic carbocycles. The summed E-state index contributed by atoms with van der Waals surface area (Å²) in [5, 5.41) is 12.0. The number of carbonyl (C=O) groups is 1. The average Bonchev–Trinajstić information content (AvgIpc) is 2.82. The van der Waals surface area contributed by atoms with Crippen LogP contribution in [0.15, 0.2) is 10.5 Å². The Morgan fingerprint density at radius 1 is 1.65 bits per heavy atom. The topological polar surface area (TPSA) is 80.3 Å². The number of nitrogens with zero attached hydrogens (tertiary/aromatic N) is 2. The lowest BCUT2D eigenvalue weighted by Crippen LogP contribution is -2.10. The van der Waals surface area contributed by atoms with Gasteiger partial charge >= 0.3 is 5.97 Å². The highest BCUT2D eigenvalue weighted by molar-refractivity contribution is 5.89. The van der Waals surface area contributed by atoms with Crippen LogP contribution in [0.3, 0.4) is 0 Å². The van der Waals surface area contributed by atoms with Crippen LogP contribution < -0.4 is 5.32 Å². The summed E-state index contributed by atoms with van der Waals surface area (Å²) >= 11 is 0. The Labute approximate surface area is 96.9 Å². The summed E-state index contributed by atoms with van der Waals surface area (Å²) in [6.45, 7) is 2.53. The van der Waals surface area contributed by atoms with Crippen molar-refractivity contribution in [3.05, 3.63) is 23.3 Å². The quantitative estimate of drug-likeness (QED) is 0.782. The van der Waals surface area contributed by atoms with E-state index in [0.717, 1.165) is 17.2 Å². The third kappa shape index (κ3) is 1.27. The first kappa shape index (κ1) is 9.95. The lowest BCUT2D eigenvalue weighted by molar-refractivity contribution is 0.0663. The average molecular weight is 233 g/mol. The van der Waals surface area contributed by atoms with Crippen molar-refractivity contribution in [2.45, 2.75) is 13.5 Å². The Balaban J connectivity index is 2.22. The summed E-state index contributed by atoms with van der Waals surface area (Å²) in [5.74, 6) is 0.235.